The number of aromatic nitrogens is 3. The van der Waals surface area contributed by atoms with E-state index in [1.54, 1.807) is 6.92 Å². The van der Waals surface area contributed by atoms with Crippen molar-refractivity contribution < 1.29 is 14.3 Å². The minimum atomic E-state index is -0.516. The van der Waals surface area contributed by atoms with Crippen molar-refractivity contribution in [3.63, 3.8) is 0 Å². The number of nitrogens with one attached hydrogen (secondary N) is 1. The van der Waals surface area contributed by atoms with Gasteiger partial charge in [-0.3, -0.25) is 5.32 Å². The maximum atomic E-state index is 11.5. The molecule has 0 unspecified atom stereocenters. The Morgan fingerprint density at radius 1 is 1.21 bits per heavy atom. The van der Waals surface area contributed by atoms with Crippen LogP contribution in [0.15, 0.2) is 41.8 Å². The molecule has 9 heteroatoms. The molecule has 0 radical (unpaired) electrons. The second kappa shape index (κ2) is 8.54. The summed E-state index contributed by atoms with van der Waals surface area (Å²) in [6.07, 6.45) is -0.516. The fourth-order valence-electron chi connectivity index (χ4n) is 2.92. The number of anilines is 1. The van der Waals surface area contributed by atoms with Gasteiger partial charge in [-0.05, 0) is 42.2 Å². The van der Waals surface area contributed by atoms with Crippen LogP contribution in [-0.4, -0.2) is 27.3 Å². The van der Waals surface area contributed by atoms with Crippen molar-refractivity contribution in [3.8, 4) is 17.0 Å². The van der Waals surface area contributed by atoms with Crippen LogP contribution in [0, 0.1) is 6.92 Å². The van der Waals surface area contributed by atoms with Gasteiger partial charge in [-0.15, -0.1) is 16.4 Å². The first-order chi connectivity index (χ1) is 14.2. The molecule has 2 aromatic heterocycles. The maximum Gasteiger partial charge on any atom is 0.413 e. The molecule has 0 atom stereocenters. The number of fused-ring (bicyclic) bond motifs is 1. The zero-order valence-electron chi connectivity index (χ0n) is 15.8. The van der Waals surface area contributed by atoms with Crippen molar-refractivity contribution in [2.45, 2.75) is 20.5 Å². The number of rotatable bonds is 6. The van der Waals surface area contributed by atoms with Crippen molar-refractivity contribution in [2.75, 3.05) is 11.9 Å². The first-order valence-corrected chi connectivity index (χ1v) is 10.6. The Labute approximate surface area is 175 Å². The van der Waals surface area contributed by atoms with E-state index < -0.39 is 6.09 Å². The summed E-state index contributed by atoms with van der Waals surface area (Å²) in [5.41, 5.74) is 2.47. The topological polar surface area (TPSA) is 86.2 Å². The lowest BCUT2D eigenvalue weighted by molar-refractivity contribution is 0.168. The Morgan fingerprint density at radius 3 is 2.86 bits per heavy atom. The van der Waals surface area contributed by atoms with Crippen LogP contribution in [0.2, 0.25) is 0 Å². The molecule has 0 saturated carbocycles. The van der Waals surface area contributed by atoms with Gasteiger partial charge in [0.15, 0.2) is 5.13 Å². The Kier molecular flexibility index (Phi) is 5.68. The molecule has 0 aliphatic rings. The molecular formula is C20H18N4O3S2. The van der Waals surface area contributed by atoms with Gasteiger partial charge in [0.2, 0.25) is 0 Å². The van der Waals surface area contributed by atoms with E-state index in [0.29, 0.717) is 23.2 Å². The van der Waals surface area contributed by atoms with Crippen molar-refractivity contribution in [1.82, 2.24) is 14.6 Å². The van der Waals surface area contributed by atoms with Crippen LogP contribution in [0.25, 0.3) is 22.0 Å². The molecule has 1 amide bonds. The molecule has 0 aliphatic heterocycles. The predicted molar refractivity (Wildman–Crippen MR) is 115 cm³/mol. The van der Waals surface area contributed by atoms with Crippen molar-refractivity contribution >= 4 is 44.9 Å². The molecule has 0 saturated heterocycles. The molecule has 4 rings (SSSR count). The van der Waals surface area contributed by atoms with E-state index in [2.05, 4.69) is 32.0 Å². The zero-order chi connectivity index (χ0) is 20.2. The van der Waals surface area contributed by atoms with Crippen LogP contribution >= 0.6 is 22.9 Å². The summed E-state index contributed by atoms with van der Waals surface area (Å²) in [5.74, 6) is 0.715. The van der Waals surface area contributed by atoms with Crippen LogP contribution in [0.5, 0.6) is 5.75 Å². The number of amides is 1. The van der Waals surface area contributed by atoms with Crippen LogP contribution in [0.4, 0.5) is 9.93 Å². The Balaban J connectivity index is 1.60. The summed E-state index contributed by atoms with van der Waals surface area (Å²) in [4.78, 5) is 16.9. The SMILES string of the molecule is CCOC(=O)Nc1nc(COc2ccc3ccccc3c2-c2nnsc2C)cs1. The molecule has 0 aliphatic carbocycles. The molecule has 0 fully saturated rings. The first-order valence-electron chi connectivity index (χ1n) is 8.97. The normalized spacial score (nSPS) is 10.8. The smallest absolute Gasteiger partial charge is 0.413 e. The number of carbonyl (C=O) groups excluding carboxylic acids is 1. The highest BCUT2D eigenvalue weighted by Gasteiger charge is 2.17. The summed E-state index contributed by atoms with van der Waals surface area (Å²) >= 11 is 2.69. The van der Waals surface area contributed by atoms with Crippen molar-refractivity contribution in [3.05, 3.63) is 52.3 Å². The Bertz CT molecular complexity index is 1160. The molecule has 2 heterocycles. The minimum absolute atomic E-state index is 0.267. The molecule has 29 heavy (non-hydrogen) atoms. The van der Waals surface area contributed by atoms with Crippen LogP contribution < -0.4 is 10.1 Å². The van der Waals surface area contributed by atoms with Gasteiger partial charge in [-0.25, -0.2) is 9.78 Å². The van der Waals surface area contributed by atoms with E-state index in [1.165, 1.54) is 22.9 Å². The second-order valence-corrected chi connectivity index (χ2v) is 7.93. The van der Waals surface area contributed by atoms with Gasteiger partial charge in [0.05, 0.1) is 22.7 Å². The highest BCUT2D eigenvalue weighted by Crippen LogP contribution is 2.38. The summed E-state index contributed by atoms with van der Waals surface area (Å²) in [6.45, 7) is 4.33. The molecule has 0 spiro atoms. The summed E-state index contributed by atoms with van der Waals surface area (Å²) in [6, 6.07) is 12.1. The average molecular weight is 427 g/mol. The van der Waals surface area contributed by atoms with Crippen LogP contribution in [0.1, 0.15) is 17.5 Å². The quantitative estimate of drug-likeness (QED) is 0.452. The largest absolute Gasteiger partial charge is 0.487 e. The second-order valence-electron chi connectivity index (χ2n) is 6.12. The number of ether oxygens (including phenoxy) is 2. The molecule has 1 N–H and O–H groups in total. The molecule has 4 aromatic rings. The molecule has 2 aromatic carbocycles. The van der Waals surface area contributed by atoms with Gasteiger partial charge >= 0.3 is 6.09 Å². The molecule has 148 valence electrons. The first kappa shape index (κ1) is 19.3. The third-order valence-electron chi connectivity index (χ3n) is 4.19. The third kappa shape index (κ3) is 4.20. The van der Waals surface area contributed by atoms with E-state index in [-0.39, 0.29) is 6.61 Å². The van der Waals surface area contributed by atoms with Crippen LogP contribution in [0.3, 0.4) is 0 Å². The van der Waals surface area contributed by atoms with Gasteiger partial charge in [0.1, 0.15) is 18.1 Å². The fraction of sp³-hybridized carbons (Fsp3) is 0.200. The number of benzene rings is 2. The Morgan fingerprint density at radius 2 is 2.07 bits per heavy atom. The number of hydrogen-bond donors (Lipinski definition) is 1. The summed E-state index contributed by atoms with van der Waals surface area (Å²) in [7, 11) is 0. The summed E-state index contributed by atoms with van der Waals surface area (Å²) < 4.78 is 15.1. The van der Waals surface area contributed by atoms with Gasteiger partial charge in [-0.2, -0.15) is 0 Å². The minimum Gasteiger partial charge on any atom is -0.487 e. The number of hydrogen-bond acceptors (Lipinski definition) is 8. The fourth-order valence-corrected chi connectivity index (χ4v) is 4.07. The highest BCUT2D eigenvalue weighted by atomic mass is 32.1. The predicted octanol–water partition coefficient (Wildman–Crippen LogP) is 5.27. The number of carbonyl (C=O) groups is 1. The van der Waals surface area contributed by atoms with E-state index in [4.69, 9.17) is 9.47 Å². The Hall–Kier alpha value is -3.04. The molecule has 7 nitrogen and oxygen atoms in total. The lowest BCUT2D eigenvalue weighted by atomic mass is 10.0. The highest BCUT2D eigenvalue weighted by molar-refractivity contribution is 7.13. The number of thiazole rings is 1. The average Bonchev–Trinajstić information content (AvgIpc) is 3.34. The number of aryl methyl sites for hydroxylation is 1. The number of nitrogens with zero attached hydrogens (tertiary/aromatic N) is 3. The van der Waals surface area contributed by atoms with Gasteiger partial charge in [-0.1, -0.05) is 34.8 Å². The summed E-state index contributed by atoms with van der Waals surface area (Å²) in [5, 5.41) is 11.4. The van der Waals surface area contributed by atoms with Crippen LogP contribution in [-0.2, 0) is 11.3 Å². The zero-order valence-corrected chi connectivity index (χ0v) is 17.5. The standard InChI is InChI=1S/C20H18N4O3S2/c1-3-26-20(25)22-19-21-14(11-28-19)10-27-16-9-8-13-6-4-5-7-15(13)17(16)18-12(2)29-24-23-18/h4-9,11H,3,10H2,1-2H3,(H,21,22,25). The molecule has 0 bridgehead atoms. The van der Waals surface area contributed by atoms with Gasteiger partial charge < -0.3 is 9.47 Å². The van der Waals surface area contributed by atoms with Crippen molar-refractivity contribution in [2.24, 2.45) is 0 Å². The monoisotopic (exact) mass is 426 g/mol. The maximum absolute atomic E-state index is 11.5. The lowest BCUT2D eigenvalue weighted by Gasteiger charge is -2.13. The van der Waals surface area contributed by atoms with E-state index in [9.17, 15) is 4.79 Å². The van der Waals surface area contributed by atoms with Crippen molar-refractivity contribution in [1.29, 1.82) is 0 Å². The lowest BCUT2D eigenvalue weighted by Crippen LogP contribution is -2.13. The van der Waals surface area contributed by atoms with Gasteiger partial charge in [0.25, 0.3) is 0 Å². The van der Waals surface area contributed by atoms with E-state index in [1.807, 2.05) is 36.6 Å². The van der Waals surface area contributed by atoms with E-state index in [0.717, 1.165) is 26.9 Å². The third-order valence-corrected chi connectivity index (χ3v) is 5.63. The molecular weight excluding hydrogens is 408 g/mol. The van der Waals surface area contributed by atoms with Gasteiger partial charge in [0, 0.05) is 5.38 Å². The van der Waals surface area contributed by atoms with E-state index >= 15 is 0 Å².